The highest BCUT2D eigenvalue weighted by atomic mass is 19.2. The van der Waals surface area contributed by atoms with Crippen LogP contribution < -0.4 is 5.32 Å². The number of nitrogens with one attached hydrogen (secondary N) is 1. The number of rotatable bonds is 4. The number of carbonyl (C=O) groups is 1. The van der Waals surface area contributed by atoms with Gasteiger partial charge in [0.2, 0.25) is 0 Å². The molecule has 132 valence electrons. The van der Waals surface area contributed by atoms with Gasteiger partial charge < -0.3 is 5.32 Å². The summed E-state index contributed by atoms with van der Waals surface area (Å²) in [6.07, 6.45) is 1.45. The number of benzene rings is 2. The van der Waals surface area contributed by atoms with Crippen LogP contribution >= 0.6 is 0 Å². The van der Waals surface area contributed by atoms with Gasteiger partial charge in [0.15, 0.2) is 17.5 Å². The lowest BCUT2D eigenvalue weighted by atomic mass is 10.0. The maximum atomic E-state index is 13.7. The molecule has 0 radical (unpaired) electrons. The Labute approximate surface area is 144 Å². The Morgan fingerprint density at radius 3 is 2.36 bits per heavy atom. The molecule has 6 heteroatoms. The Kier molecular flexibility index (Phi) is 5.38. The van der Waals surface area contributed by atoms with Crippen molar-refractivity contribution in [2.24, 2.45) is 0 Å². The first kappa shape index (κ1) is 17.5. The fourth-order valence-electron chi connectivity index (χ4n) is 3.04. The number of amides is 1. The van der Waals surface area contributed by atoms with E-state index in [4.69, 9.17) is 0 Å². The highest BCUT2D eigenvalue weighted by Crippen LogP contribution is 2.17. The lowest BCUT2D eigenvalue weighted by molar-refractivity contribution is 0.0903. The second kappa shape index (κ2) is 7.70. The van der Waals surface area contributed by atoms with Crippen molar-refractivity contribution < 1.29 is 18.0 Å². The zero-order valence-corrected chi connectivity index (χ0v) is 13.6. The van der Waals surface area contributed by atoms with Crippen molar-refractivity contribution in [3.05, 3.63) is 71.0 Å². The predicted molar refractivity (Wildman–Crippen MR) is 88.5 cm³/mol. The monoisotopic (exact) mass is 348 g/mol. The van der Waals surface area contributed by atoms with Crippen LogP contribution in [0.2, 0.25) is 0 Å². The lowest BCUT2D eigenvalue weighted by Crippen LogP contribution is -2.44. The van der Waals surface area contributed by atoms with Crippen LogP contribution in [0.3, 0.4) is 0 Å². The summed E-state index contributed by atoms with van der Waals surface area (Å²) in [6.45, 7) is 2.46. The molecule has 25 heavy (non-hydrogen) atoms. The number of hydrogen-bond acceptors (Lipinski definition) is 2. The molecule has 0 saturated carbocycles. The molecule has 3 nitrogen and oxygen atoms in total. The molecule has 0 atom stereocenters. The number of nitrogens with zero attached hydrogens (tertiary/aromatic N) is 1. The number of carbonyl (C=O) groups excluding carboxylic acids is 1. The second-order valence-corrected chi connectivity index (χ2v) is 6.23. The Balaban J connectivity index is 1.54. The van der Waals surface area contributed by atoms with Gasteiger partial charge in [-0.2, -0.15) is 0 Å². The number of hydrogen-bond donors (Lipinski definition) is 1. The van der Waals surface area contributed by atoms with E-state index < -0.39 is 28.9 Å². The van der Waals surface area contributed by atoms with Crippen molar-refractivity contribution in [2.75, 3.05) is 13.1 Å². The van der Waals surface area contributed by atoms with E-state index in [9.17, 15) is 18.0 Å². The molecule has 0 aromatic heterocycles. The molecule has 2 aromatic carbocycles. The predicted octanol–water partition coefficient (Wildman–Crippen LogP) is 3.50. The van der Waals surface area contributed by atoms with Crippen LogP contribution in [0.5, 0.6) is 0 Å². The van der Waals surface area contributed by atoms with Gasteiger partial charge in [-0.1, -0.05) is 30.3 Å². The van der Waals surface area contributed by atoms with E-state index in [0.29, 0.717) is 0 Å². The van der Waals surface area contributed by atoms with Crippen molar-refractivity contribution in [1.29, 1.82) is 0 Å². The SMILES string of the molecule is O=C(NC1CCN(Cc2ccccc2)CC1)c1ccc(F)c(F)c1F. The summed E-state index contributed by atoms with van der Waals surface area (Å²) in [5.74, 6) is -5.08. The average molecular weight is 348 g/mol. The Morgan fingerprint density at radius 1 is 1.00 bits per heavy atom. The number of halogens is 3. The molecular weight excluding hydrogens is 329 g/mol. The van der Waals surface area contributed by atoms with Crippen LogP contribution in [0.4, 0.5) is 13.2 Å². The molecule has 1 aliphatic rings. The minimum absolute atomic E-state index is 0.105. The summed E-state index contributed by atoms with van der Waals surface area (Å²) in [5, 5.41) is 2.71. The van der Waals surface area contributed by atoms with E-state index in [1.54, 1.807) is 0 Å². The maximum Gasteiger partial charge on any atom is 0.254 e. The standard InChI is InChI=1S/C19H19F3N2O/c20-16-7-6-15(17(21)18(16)22)19(25)23-14-8-10-24(11-9-14)12-13-4-2-1-3-5-13/h1-7,14H,8-12H2,(H,23,25). The summed E-state index contributed by atoms with van der Waals surface area (Å²) < 4.78 is 39.9. The molecule has 1 heterocycles. The summed E-state index contributed by atoms with van der Waals surface area (Å²) in [5.41, 5.74) is 0.763. The zero-order valence-electron chi connectivity index (χ0n) is 13.6. The minimum Gasteiger partial charge on any atom is -0.349 e. The highest BCUT2D eigenvalue weighted by molar-refractivity contribution is 5.94. The molecular formula is C19H19F3N2O. The first-order valence-corrected chi connectivity index (χ1v) is 8.25. The third-order valence-corrected chi connectivity index (χ3v) is 4.45. The van der Waals surface area contributed by atoms with Gasteiger partial charge in [-0.15, -0.1) is 0 Å². The molecule has 0 bridgehead atoms. The van der Waals surface area contributed by atoms with Crippen LogP contribution in [0.25, 0.3) is 0 Å². The van der Waals surface area contributed by atoms with Gasteiger partial charge >= 0.3 is 0 Å². The molecule has 3 rings (SSSR count). The Hall–Kier alpha value is -2.34. The van der Waals surface area contributed by atoms with Crippen LogP contribution in [-0.4, -0.2) is 29.9 Å². The van der Waals surface area contributed by atoms with Crippen LogP contribution in [0.15, 0.2) is 42.5 Å². The fourth-order valence-corrected chi connectivity index (χ4v) is 3.04. The van der Waals surface area contributed by atoms with Crippen molar-refractivity contribution in [2.45, 2.75) is 25.4 Å². The summed E-state index contributed by atoms with van der Waals surface area (Å²) in [7, 11) is 0. The van der Waals surface area contributed by atoms with Crippen molar-refractivity contribution >= 4 is 5.91 Å². The van der Waals surface area contributed by atoms with Crippen LogP contribution in [-0.2, 0) is 6.54 Å². The molecule has 2 aromatic rings. The summed E-state index contributed by atoms with van der Waals surface area (Å²) in [4.78, 5) is 14.4. The molecule has 1 fully saturated rings. The van der Waals surface area contributed by atoms with Crippen molar-refractivity contribution in [1.82, 2.24) is 10.2 Å². The highest BCUT2D eigenvalue weighted by Gasteiger charge is 2.24. The molecule has 0 aliphatic carbocycles. The Bertz CT molecular complexity index is 744. The summed E-state index contributed by atoms with van der Waals surface area (Å²) in [6, 6.07) is 11.7. The topological polar surface area (TPSA) is 32.3 Å². The molecule has 1 saturated heterocycles. The minimum atomic E-state index is -1.62. The average Bonchev–Trinajstić information content (AvgIpc) is 2.62. The number of piperidine rings is 1. The first-order chi connectivity index (χ1) is 12.0. The zero-order chi connectivity index (χ0) is 17.8. The normalized spacial score (nSPS) is 16.0. The van der Waals surface area contributed by atoms with E-state index >= 15 is 0 Å². The van der Waals surface area contributed by atoms with E-state index in [-0.39, 0.29) is 6.04 Å². The first-order valence-electron chi connectivity index (χ1n) is 8.25. The molecule has 0 unspecified atom stereocenters. The van der Waals surface area contributed by atoms with Gasteiger partial charge in [-0.3, -0.25) is 9.69 Å². The second-order valence-electron chi connectivity index (χ2n) is 6.23. The largest absolute Gasteiger partial charge is 0.349 e. The van der Waals surface area contributed by atoms with Gasteiger partial charge in [0.05, 0.1) is 5.56 Å². The van der Waals surface area contributed by atoms with Gasteiger partial charge in [0, 0.05) is 25.7 Å². The van der Waals surface area contributed by atoms with E-state index in [2.05, 4.69) is 22.3 Å². The van der Waals surface area contributed by atoms with E-state index in [0.717, 1.165) is 44.6 Å². The van der Waals surface area contributed by atoms with Crippen LogP contribution in [0, 0.1) is 17.5 Å². The van der Waals surface area contributed by atoms with E-state index in [1.807, 2.05) is 18.2 Å². The quantitative estimate of drug-likeness (QED) is 0.858. The molecule has 1 N–H and O–H groups in total. The maximum absolute atomic E-state index is 13.7. The van der Waals surface area contributed by atoms with Gasteiger partial charge in [0.25, 0.3) is 5.91 Å². The van der Waals surface area contributed by atoms with Gasteiger partial charge in [0.1, 0.15) is 0 Å². The molecule has 1 aliphatic heterocycles. The Morgan fingerprint density at radius 2 is 1.68 bits per heavy atom. The van der Waals surface area contributed by atoms with Crippen molar-refractivity contribution in [3.8, 4) is 0 Å². The fraction of sp³-hybridized carbons (Fsp3) is 0.316. The smallest absolute Gasteiger partial charge is 0.254 e. The lowest BCUT2D eigenvalue weighted by Gasteiger charge is -2.32. The molecule has 0 spiro atoms. The third kappa shape index (κ3) is 4.20. The van der Waals surface area contributed by atoms with E-state index in [1.165, 1.54) is 5.56 Å². The van der Waals surface area contributed by atoms with Crippen molar-refractivity contribution in [3.63, 3.8) is 0 Å². The molecule has 1 amide bonds. The number of likely N-dealkylation sites (tertiary alicyclic amines) is 1. The van der Waals surface area contributed by atoms with Gasteiger partial charge in [-0.05, 0) is 30.5 Å². The third-order valence-electron chi connectivity index (χ3n) is 4.45. The van der Waals surface area contributed by atoms with Crippen LogP contribution in [0.1, 0.15) is 28.8 Å². The van der Waals surface area contributed by atoms with Gasteiger partial charge in [-0.25, -0.2) is 13.2 Å². The summed E-state index contributed by atoms with van der Waals surface area (Å²) >= 11 is 0.